The van der Waals surface area contributed by atoms with Crippen LogP contribution in [-0.2, 0) is 6.54 Å². The van der Waals surface area contributed by atoms with Gasteiger partial charge in [-0.2, -0.15) is 0 Å². The first-order chi connectivity index (χ1) is 6.77. The summed E-state index contributed by atoms with van der Waals surface area (Å²) in [6.45, 7) is 7.58. The number of nitrogens with one attached hydrogen (secondary N) is 1. The SMILES string of the molecule is C[C@@H]1CNC[C@H](C)N1Cc1csnn1.Cl. The predicted molar refractivity (Wildman–Crippen MR) is 64.5 cm³/mol. The molecule has 0 bridgehead atoms. The molecular weight excluding hydrogens is 232 g/mol. The van der Waals surface area contributed by atoms with Crippen molar-refractivity contribution in [3.8, 4) is 0 Å². The Balaban J connectivity index is 0.00000112. The number of hydrogen-bond acceptors (Lipinski definition) is 5. The topological polar surface area (TPSA) is 41.0 Å². The summed E-state index contributed by atoms with van der Waals surface area (Å²) in [6.07, 6.45) is 0. The summed E-state index contributed by atoms with van der Waals surface area (Å²) < 4.78 is 3.89. The van der Waals surface area contributed by atoms with Crippen molar-refractivity contribution in [1.82, 2.24) is 19.8 Å². The third-order valence-electron chi connectivity index (χ3n) is 2.76. The molecule has 0 amide bonds. The molecule has 4 nitrogen and oxygen atoms in total. The van der Waals surface area contributed by atoms with Gasteiger partial charge < -0.3 is 5.32 Å². The highest BCUT2D eigenvalue weighted by molar-refractivity contribution is 7.03. The van der Waals surface area contributed by atoms with Crippen LogP contribution in [0.1, 0.15) is 19.5 Å². The second kappa shape index (κ2) is 5.75. The molecule has 1 aromatic heterocycles. The van der Waals surface area contributed by atoms with Crippen LogP contribution in [0.3, 0.4) is 0 Å². The van der Waals surface area contributed by atoms with Crippen LogP contribution in [0.15, 0.2) is 5.38 Å². The van der Waals surface area contributed by atoms with E-state index in [1.807, 2.05) is 5.38 Å². The minimum atomic E-state index is 0. The van der Waals surface area contributed by atoms with Gasteiger partial charge in [-0.1, -0.05) is 4.49 Å². The molecule has 1 fully saturated rings. The Morgan fingerprint density at radius 2 is 2.13 bits per heavy atom. The van der Waals surface area contributed by atoms with Crippen LogP contribution in [-0.4, -0.2) is 39.7 Å². The summed E-state index contributed by atoms with van der Waals surface area (Å²) in [4.78, 5) is 2.48. The number of rotatable bonds is 2. The van der Waals surface area contributed by atoms with E-state index in [0.29, 0.717) is 12.1 Å². The molecule has 15 heavy (non-hydrogen) atoms. The molecular formula is C9H17ClN4S. The standard InChI is InChI=1S/C9H16N4S.ClH/c1-7-3-10-4-8(2)13(7)5-9-6-14-12-11-9;/h6-8,10H,3-5H2,1-2H3;1H/t7-,8+;. The average Bonchev–Trinajstić information content (AvgIpc) is 2.64. The van der Waals surface area contributed by atoms with Crippen LogP contribution in [0.5, 0.6) is 0 Å². The summed E-state index contributed by atoms with van der Waals surface area (Å²) in [5.74, 6) is 0. The molecule has 1 saturated heterocycles. The number of aromatic nitrogens is 2. The largest absolute Gasteiger partial charge is 0.314 e. The molecule has 0 spiro atoms. The summed E-state index contributed by atoms with van der Waals surface area (Å²) >= 11 is 1.43. The first kappa shape index (κ1) is 12.8. The molecule has 2 rings (SSSR count). The number of halogens is 1. The van der Waals surface area contributed by atoms with Crippen molar-refractivity contribution in [3.63, 3.8) is 0 Å². The number of hydrogen-bond donors (Lipinski definition) is 1. The van der Waals surface area contributed by atoms with E-state index in [-0.39, 0.29) is 12.4 Å². The van der Waals surface area contributed by atoms with Crippen molar-refractivity contribution in [1.29, 1.82) is 0 Å². The quantitative estimate of drug-likeness (QED) is 0.853. The molecule has 0 aliphatic carbocycles. The van der Waals surface area contributed by atoms with E-state index < -0.39 is 0 Å². The van der Waals surface area contributed by atoms with Gasteiger partial charge in [0.05, 0.1) is 5.69 Å². The van der Waals surface area contributed by atoms with Gasteiger partial charge in [0.1, 0.15) is 0 Å². The Bertz CT molecular complexity index is 270. The number of piperazine rings is 1. The highest BCUT2D eigenvalue weighted by Crippen LogP contribution is 2.13. The molecule has 2 atom stereocenters. The maximum absolute atomic E-state index is 4.09. The molecule has 1 aromatic rings. The van der Waals surface area contributed by atoms with Gasteiger partial charge in [-0.3, -0.25) is 4.90 Å². The summed E-state index contributed by atoms with van der Waals surface area (Å²) in [5, 5.41) is 9.53. The Kier molecular flexibility index (Phi) is 4.92. The van der Waals surface area contributed by atoms with Crippen molar-refractivity contribution in [2.45, 2.75) is 32.5 Å². The fourth-order valence-corrected chi connectivity index (χ4v) is 2.36. The highest BCUT2D eigenvalue weighted by Gasteiger charge is 2.24. The van der Waals surface area contributed by atoms with Gasteiger partial charge >= 0.3 is 0 Å². The average molecular weight is 249 g/mol. The molecule has 0 unspecified atom stereocenters. The first-order valence-corrected chi connectivity index (χ1v) is 5.83. The maximum Gasteiger partial charge on any atom is 0.0895 e. The molecule has 0 saturated carbocycles. The second-order valence-corrected chi connectivity index (χ2v) is 4.53. The third-order valence-corrected chi connectivity index (χ3v) is 3.31. The Hall–Kier alpha value is -0.230. The molecule has 1 aliphatic rings. The van der Waals surface area contributed by atoms with E-state index in [9.17, 15) is 0 Å². The normalized spacial score (nSPS) is 27.3. The van der Waals surface area contributed by atoms with Crippen LogP contribution in [0.2, 0.25) is 0 Å². The van der Waals surface area contributed by atoms with E-state index in [4.69, 9.17) is 0 Å². The van der Waals surface area contributed by atoms with Crippen molar-refractivity contribution < 1.29 is 0 Å². The highest BCUT2D eigenvalue weighted by atomic mass is 35.5. The van der Waals surface area contributed by atoms with E-state index in [0.717, 1.165) is 25.3 Å². The van der Waals surface area contributed by atoms with E-state index >= 15 is 0 Å². The Morgan fingerprint density at radius 1 is 1.47 bits per heavy atom. The van der Waals surface area contributed by atoms with E-state index in [2.05, 4.69) is 33.7 Å². The maximum atomic E-state index is 4.09. The number of nitrogens with zero attached hydrogens (tertiary/aromatic N) is 3. The third kappa shape index (κ3) is 3.11. The van der Waals surface area contributed by atoms with Gasteiger partial charge in [0.25, 0.3) is 0 Å². The molecule has 6 heteroatoms. The van der Waals surface area contributed by atoms with Crippen molar-refractivity contribution in [3.05, 3.63) is 11.1 Å². The van der Waals surface area contributed by atoms with Gasteiger partial charge in [-0.05, 0) is 25.4 Å². The Morgan fingerprint density at radius 3 is 2.67 bits per heavy atom. The van der Waals surface area contributed by atoms with Crippen LogP contribution < -0.4 is 5.32 Å². The van der Waals surface area contributed by atoms with Crippen LogP contribution >= 0.6 is 23.9 Å². The molecule has 1 N–H and O–H groups in total. The molecule has 0 radical (unpaired) electrons. The summed E-state index contributed by atoms with van der Waals surface area (Å²) in [7, 11) is 0. The molecule has 0 aromatic carbocycles. The van der Waals surface area contributed by atoms with Crippen LogP contribution in [0.4, 0.5) is 0 Å². The zero-order valence-electron chi connectivity index (χ0n) is 9.01. The first-order valence-electron chi connectivity index (χ1n) is 5.00. The lowest BCUT2D eigenvalue weighted by atomic mass is 10.1. The minimum absolute atomic E-state index is 0. The van der Waals surface area contributed by atoms with E-state index in [1.54, 1.807) is 0 Å². The monoisotopic (exact) mass is 248 g/mol. The molecule has 86 valence electrons. The van der Waals surface area contributed by atoms with Crippen LogP contribution in [0.25, 0.3) is 0 Å². The zero-order chi connectivity index (χ0) is 9.97. The predicted octanol–water partition coefficient (Wildman–Crippen LogP) is 1.14. The fraction of sp³-hybridized carbons (Fsp3) is 0.778. The summed E-state index contributed by atoms with van der Waals surface area (Å²) in [6, 6.07) is 1.17. The fourth-order valence-electron chi connectivity index (χ4n) is 1.92. The van der Waals surface area contributed by atoms with E-state index in [1.165, 1.54) is 11.5 Å². The van der Waals surface area contributed by atoms with Gasteiger partial charge in [0.15, 0.2) is 0 Å². The lowest BCUT2D eigenvalue weighted by Crippen LogP contribution is -2.54. The van der Waals surface area contributed by atoms with Gasteiger partial charge in [0.2, 0.25) is 0 Å². The zero-order valence-corrected chi connectivity index (χ0v) is 10.6. The lowest BCUT2D eigenvalue weighted by Gasteiger charge is -2.38. The lowest BCUT2D eigenvalue weighted by molar-refractivity contribution is 0.107. The van der Waals surface area contributed by atoms with Crippen molar-refractivity contribution in [2.75, 3.05) is 13.1 Å². The molecule has 2 heterocycles. The summed E-state index contributed by atoms with van der Waals surface area (Å²) in [5.41, 5.74) is 1.09. The van der Waals surface area contributed by atoms with Gasteiger partial charge in [-0.25, -0.2) is 0 Å². The van der Waals surface area contributed by atoms with Crippen LogP contribution in [0, 0.1) is 0 Å². The van der Waals surface area contributed by atoms with Crippen molar-refractivity contribution in [2.24, 2.45) is 0 Å². The van der Waals surface area contributed by atoms with Gasteiger partial charge in [0, 0.05) is 37.1 Å². The smallest absolute Gasteiger partial charge is 0.0895 e. The van der Waals surface area contributed by atoms with Gasteiger partial charge in [-0.15, -0.1) is 17.5 Å². The minimum Gasteiger partial charge on any atom is -0.314 e. The van der Waals surface area contributed by atoms with Crippen molar-refractivity contribution >= 4 is 23.9 Å². The Labute approximate surface area is 101 Å². The molecule has 1 aliphatic heterocycles. The second-order valence-electron chi connectivity index (χ2n) is 3.92.